The summed E-state index contributed by atoms with van der Waals surface area (Å²) in [6.45, 7) is 2.80. The first-order valence-corrected chi connectivity index (χ1v) is 9.42. The highest BCUT2D eigenvalue weighted by atomic mass is 79.9. The van der Waals surface area contributed by atoms with Crippen LogP contribution < -0.4 is 4.74 Å². The first-order chi connectivity index (χ1) is 10.0. The van der Waals surface area contributed by atoms with E-state index in [2.05, 4.69) is 60.8 Å². The molecule has 0 N–H and O–H groups in total. The van der Waals surface area contributed by atoms with Crippen LogP contribution in [0.4, 0.5) is 0 Å². The predicted molar refractivity (Wildman–Crippen MR) is 99.9 cm³/mol. The van der Waals surface area contributed by atoms with E-state index >= 15 is 0 Å². The molecular weight excluding hydrogens is 483 g/mol. The van der Waals surface area contributed by atoms with Crippen LogP contribution in [0, 0.1) is 0 Å². The smallest absolute Gasteiger partial charge is 0.133 e. The van der Waals surface area contributed by atoms with E-state index < -0.39 is 0 Å². The molecule has 0 aliphatic rings. The van der Waals surface area contributed by atoms with Crippen LogP contribution in [0.3, 0.4) is 0 Å². The zero-order valence-electron chi connectivity index (χ0n) is 11.4. The SMILES string of the molecule is CCCOc1ccc(C(Br)c2cccc(Br)c2Cl)cc1Br. The summed E-state index contributed by atoms with van der Waals surface area (Å²) >= 11 is 17.1. The first kappa shape index (κ1) is 17.3. The van der Waals surface area contributed by atoms with Gasteiger partial charge in [0, 0.05) is 4.47 Å². The van der Waals surface area contributed by atoms with E-state index in [0.717, 1.165) is 37.3 Å². The second-order valence-corrected chi connectivity index (χ2v) is 7.55. The molecule has 1 unspecified atom stereocenters. The van der Waals surface area contributed by atoms with Crippen molar-refractivity contribution >= 4 is 59.4 Å². The Morgan fingerprint density at radius 1 is 1.14 bits per heavy atom. The molecule has 1 nitrogen and oxygen atoms in total. The molecule has 2 aromatic carbocycles. The molecular formula is C16H14Br3ClO. The van der Waals surface area contributed by atoms with Gasteiger partial charge in [-0.2, -0.15) is 0 Å². The number of hydrogen-bond acceptors (Lipinski definition) is 1. The molecule has 2 rings (SSSR count). The highest BCUT2D eigenvalue weighted by Crippen LogP contribution is 2.40. The molecule has 5 heteroatoms. The largest absolute Gasteiger partial charge is 0.492 e. The molecule has 0 bridgehead atoms. The van der Waals surface area contributed by atoms with Crippen LogP contribution in [0.5, 0.6) is 5.75 Å². The Balaban J connectivity index is 2.29. The Kier molecular flexibility index (Phi) is 6.60. The summed E-state index contributed by atoms with van der Waals surface area (Å²) in [6.07, 6.45) is 0.989. The molecule has 0 aromatic heterocycles. The molecule has 0 saturated carbocycles. The molecule has 0 amide bonds. The highest BCUT2D eigenvalue weighted by molar-refractivity contribution is 9.11. The third kappa shape index (κ3) is 4.25. The lowest BCUT2D eigenvalue weighted by Gasteiger charge is -2.15. The minimum Gasteiger partial charge on any atom is -0.492 e. The van der Waals surface area contributed by atoms with Crippen LogP contribution in [-0.4, -0.2) is 6.61 Å². The summed E-state index contributed by atoms with van der Waals surface area (Å²) in [6, 6.07) is 12.0. The van der Waals surface area contributed by atoms with Gasteiger partial charge < -0.3 is 4.74 Å². The van der Waals surface area contributed by atoms with Crippen LogP contribution in [0.15, 0.2) is 45.3 Å². The fourth-order valence-corrected chi connectivity index (χ4v) is 3.83. The zero-order chi connectivity index (χ0) is 15.4. The fraction of sp³-hybridized carbons (Fsp3) is 0.250. The van der Waals surface area contributed by atoms with E-state index in [-0.39, 0.29) is 4.83 Å². The fourth-order valence-electron chi connectivity index (χ4n) is 1.90. The van der Waals surface area contributed by atoms with E-state index in [1.54, 1.807) is 0 Å². The quantitative estimate of drug-likeness (QED) is 0.399. The zero-order valence-corrected chi connectivity index (χ0v) is 16.9. The van der Waals surface area contributed by atoms with Crippen molar-refractivity contribution in [3.05, 3.63) is 61.5 Å². The van der Waals surface area contributed by atoms with Gasteiger partial charge in [-0.25, -0.2) is 0 Å². The van der Waals surface area contributed by atoms with Crippen LogP contribution in [0.2, 0.25) is 5.02 Å². The van der Waals surface area contributed by atoms with Gasteiger partial charge in [0.25, 0.3) is 0 Å². The average Bonchev–Trinajstić information content (AvgIpc) is 2.48. The third-order valence-electron chi connectivity index (χ3n) is 2.96. The molecule has 0 spiro atoms. The topological polar surface area (TPSA) is 9.23 Å². The van der Waals surface area contributed by atoms with Gasteiger partial charge in [0.2, 0.25) is 0 Å². The van der Waals surface area contributed by atoms with Crippen molar-refractivity contribution in [1.29, 1.82) is 0 Å². The standard InChI is InChI=1S/C16H14Br3ClO/c1-2-8-21-14-7-6-10(9-13(14)18)15(19)11-4-3-5-12(17)16(11)20/h3-7,9,15H,2,8H2,1H3. The van der Waals surface area contributed by atoms with E-state index in [1.165, 1.54) is 0 Å². The number of ether oxygens (including phenoxy) is 1. The molecule has 0 aliphatic heterocycles. The lowest BCUT2D eigenvalue weighted by Crippen LogP contribution is -1.98. The van der Waals surface area contributed by atoms with Crippen LogP contribution in [0.1, 0.15) is 29.3 Å². The predicted octanol–water partition coefficient (Wildman–Crippen LogP) is 7.14. The molecule has 0 heterocycles. The van der Waals surface area contributed by atoms with E-state index in [9.17, 15) is 0 Å². The maximum absolute atomic E-state index is 6.36. The Bertz CT molecular complexity index is 631. The monoisotopic (exact) mass is 494 g/mol. The molecule has 2 aromatic rings. The van der Waals surface area contributed by atoms with E-state index in [4.69, 9.17) is 16.3 Å². The van der Waals surface area contributed by atoms with Gasteiger partial charge in [-0.3, -0.25) is 0 Å². The average molecular weight is 497 g/mol. The van der Waals surface area contributed by atoms with Gasteiger partial charge in [-0.15, -0.1) is 0 Å². The van der Waals surface area contributed by atoms with Gasteiger partial charge >= 0.3 is 0 Å². The van der Waals surface area contributed by atoms with Crippen LogP contribution in [-0.2, 0) is 0 Å². The van der Waals surface area contributed by atoms with Gasteiger partial charge in [0.15, 0.2) is 0 Å². The molecule has 0 aliphatic carbocycles. The van der Waals surface area contributed by atoms with Crippen molar-refractivity contribution in [1.82, 2.24) is 0 Å². The van der Waals surface area contributed by atoms with Crippen LogP contribution >= 0.6 is 59.4 Å². The number of benzene rings is 2. The van der Waals surface area contributed by atoms with Gasteiger partial charge in [0.05, 0.1) is 20.9 Å². The normalized spacial score (nSPS) is 12.2. The maximum Gasteiger partial charge on any atom is 0.133 e. The Hall–Kier alpha value is -0.0300. The van der Waals surface area contributed by atoms with Gasteiger partial charge in [-0.05, 0) is 67.6 Å². The summed E-state index contributed by atoms with van der Waals surface area (Å²) in [5.41, 5.74) is 2.14. The van der Waals surface area contributed by atoms with Crippen molar-refractivity contribution in [3.63, 3.8) is 0 Å². The Morgan fingerprint density at radius 3 is 2.57 bits per heavy atom. The van der Waals surface area contributed by atoms with Gasteiger partial charge in [-0.1, -0.05) is 52.7 Å². The van der Waals surface area contributed by atoms with Crippen molar-refractivity contribution in [2.45, 2.75) is 18.2 Å². The summed E-state index contributed by atoms with van der Waals surface area (Å²) in [5.74, 6) is 0.862. The summed E-state index contributed by atoms with van der Waals surface area (Å²) in [5, 5.41) is 0.724. The maximum atomic E-state index is 6.36. The van der Waals surface area contributed by atoms with E-state index in [0.29, 0.717) is 6.61 Å². The number of rotatable bonds is 5. The minimum absolute atomic E-state index is 0.0269. The number of halogens is 4. The van der Waals surface area contributed by atoms with Gasteiger partial charge in [0.1, 0.15) is 5.75 Å². The molecule has 1 atom stereocenters. The Morgan fingerprint density at radius 2 is 1.90 bits per heavy atom. The lowest BCUT2D eigenvalue weighted by molar-refractivity contribution is 0.315. The molecule has 21 heavy (non-hydrogen) atoms. The first-order valence-electron chi connectivity index (χ1n) is 6.54. The second-order valence-electron chi connectivity index (χ2n) is 4.54. The molecule has 0 saturated heterocycles. The second kappa shape index (κ2) is 8.00. The molecule has 0 fully saturated rings. The third-order valence-corrected chi connectivity index (χ3v) is 5.92. The van der Waals surface area contributed by atoms with Crippen molar-refractivity contribution in [3.8, 4) is 5.75 Å². The lowest BCUT2D eigenvalue weighted by atomic mass is 10.0. The summed E-state index contributed by atoms with van der Waals surface area (Å²) in [4.78, 5) is 0.0269. The van der Waals surface area contributed by atoms with Crippen molar-refractivity contribution in [2.24, 2.45) is 0 Å². The molecule has 112 valence electrons. The number of hydrogen-bond donors (Lipinski definition) is 0. The van der Waals surface area contributed by atoms with Crippen molar-refractivity contribution in [2.75, 3.05) is 6.61 Å². The summed E-state index contributed by atoms with van der Waals surface area (Å²) in [7, 11) is 0. The number of alkyl halides is 1. The van der Waals surface area contributed by atoms with E-state index in [1.807, 2.05) is 30.3 Å². The highest BCUT2D eigenvalue weighted by Gasteiger charge is 2.16. The summed E-state index contributed by atoms with van der Waals surface area (Å²) < 4.78 is 7.52. The van der Waals surface area contributed by atoms with Crippen molar-refractivity contribution < 1.29 is 4.74 Å². The van der Waals surface area contributed by atoms with Crippen LogP contribution in [0.25, 0.3) is 0 Å². The Labute approximate surface area is 155 Å². The molecule has 0 radical (unpaired) electrons. The minimum atomic E-state index is 0.0269.